The molecule has 0 unspecified atom stereocenters. The molecule has 0 spiro atoms. The standard InChI is InChI=1S/C5H11F2NO.ClH/c6-5(7)2-1-4(8)3-9;/h4-5,9H,1-3,8H2;1H/t4-;/m0./s1. The van der Waals surface area contributed by atoms with E-state index in [1.54, 1.807) is 0 Å². The molecule has 2 nitrogen and oxygen atoms in total. The first-order chi connectivity index (χ1) is 4.16. The van der Waals surface area contributed by atoms with Crippen molar-refractivity contribution < 1.29 is 13.9 Å². The third-order valence-electron chi connectivity index (χ3n) is 0.990. The molecule has 0 aromatic carbocycles. The van der Waals surface area contributed by atoms with E-state index < -0.39 is 12.5 Å². The van der Waals surface area contributed by atoms with E-state index in [1.807, 2.05) is 0 Å². The van der Waals surface area contributed by atoms with E-state index in [-0.39, 0.29) is 31.9 Å². The minimum atomic E-state index is -2.30. The lowest BCUT2D eigenvalue weighted by Gasteiger charge is -2.05. The van der Waals surface area contributed by atoms with Crippen LogP contribution in [0.1, 0.15) is 12.8 Å². The average Bonchev–Trinajstić information content (AvgIpc) is 1.83. The van der Waals surface area contributed by atoms with E-state index in [4.69, 9.17) is 10.8 Å². The Morgan fingerprint density at radius 1 is 1.30 bits per heavy atom. The van der Waals surface area contributed by atoms with Crippen LogP contribution in [0.4, 0.5) is 8.78 Å². The third kappa shape index (κ3) is 8.07. The van der Waals surface area contributed by atoms with E-state index in [0.717, 1.165) is 0 Å². The summed E-state index contributed by atoms with van der Waals surface area (Å²) in [6.07, 6.45) is -2.34. The molecule has 0 aliphatic carbocycles. The molecule has 3 N–H and O–H groups in total. The first-order valence-corrected chi connectivity index (χ1v) is 2.81. The number of halogens is 3. The van der Waals surface area contributed by atoms with Crippen LogP contribution in [0.2, 0.25) is 0 Å². The Hall–Kier alpha value is 0.0700. The monoisotopic (exact) mass is 175 g/mol. The van der Waals surface area contributed by atoms with E-state index in [1.165, 1.54) is 0 Å². The smallest absolute Gasteiger partial charge is 0.238 e. The highest BCUT2D eigenvalue weighted by Gasteiger charge is 2.05. The Kier molecular flexibility index (Phi) is 9.13. The molecule has 0 amide bonds. The molecule has 5 heteroatoms. The Bertz CT molecular complexity index is 74.7. The molecular formula is C5H12ClF2NO. The summed E-state index contributed by atoms with van der Waals surface area (Å²) < 4.78 is 22.8. The zero-order valence-corrected chi connectivity index (χ0v) is 6.28. The Morgan fingerprint density at radius 2 is 1.80 bits per heavy atom. The minimum absolute atomic E-state index is 0. The van der Waals surface area contributed by atoms with Crippen LogP contribution in [0.3, 0.4) is 0 Å². The van der Waals surface area contributed by atoms with Crippen molar-refractivity contribution in [1.29, 1.82) is 0 Å². The number of alkyl halides is 2. The van der Waals surface area contributed by atoms with Gasteiger partial charge in [0.1, 0.15) is 0 Å². The van der Waals surface area contributed by atoms with Gasteiger partial charge in [-0.15, -0.1) is 12.4 Å². The summed E-state index contributed by atoms with van der Waals surface area (Å²) in [5, 5.41) is 8.28. The summed E-state index contributed by atoms with van der Waals surface area (Å²) in [6, 6.07) is -0.487. The second kappa shape index (κ2) is 7.18. The van der Waals surface area contributed by atoms with Crippen LogP contribution in [-0.2, 0) is 0 Å². The van der Waals surface area contributed by atoms with Crippen molar-refractivity contribution in [3.63, 3.8) is 0 Å². The summed E-state index contributed by atoms with van der Waals surface area (Å²) in [5.74, 6) is 0. The fourth-order valence-corrected chi connectivity index (χ4v) is 0.431. The fraction of sp³-hybridized carbons (Fsp3) is 1.00. The Morgan fingerprint density at radius 3 is 2.10 bits per heavy atom. The predicted octanol–water partition coefficient (Wildman–Crippen LogP) is 0.773. The van der Waals surface area contributed by atoms with Crippen LogP contribution in [0.5, 0.6) is 0 Å². The first-order valence-electron chi connectivity index (χ1n) is 2.81. The van der Waals surface area contributed by atoms with Gasteiger partial charge in [0.25, 0.3) is 0 Å². The molecule has 64 valence electrons. The van der Waals surface area contributed by atoms with Crippen LogP contribution in [0.15, 0.2) is 0 Å². The molecule has 0 fully saturated rings. The molecule has 0 radical (unpaired) electrons. The molecule has 0 bridgehead atoms. The maximum absolute atomic E-state index is 11.4. The second-order valence-electron chi connectivity index (χ2n) is 1.91. The summed E-state index contributed by atoms with van der Waals surface area (Å²) in [6.45, 7) is -0.216. The van der Waals surface area contributed by atoms with Crippen LogP contribution < -0.4 is 5.73 Å². The predicted molar refractivity (Wildman–Crippen MR) is 37.5 cm³/mol. The number of rotatable bonds is 4. The van der Waals surface area contributed by atoms with Gasteiger partial charge in [0, 0.05) is 12.5 Å². The maximum Gasteiger partial charge on any atom is 0.238 e. The lowest BCUT2D eigenvalue weighted by Crippen LogP contribution is -2.24. The van der Waals surface area contributed by atoms with Crippen molar-refractivity contribution in [1.82, 2.24) is 0 Å². The lowest BCUT2D eigenvalue weighted by molar-refractivity contribution is 0.127. The summed E-state index contributed by atoms with van der Waals surface area (Å²) in [5.41, 5.74) is 5.14. The van der Waals surface area contributed by atoms with E-state index in [9.17, 15) is 8.78 Å². The van der Waals surface area contributed by atoms with Gasteiger partial charge in [0.15, 0.2) is 0 Å². The highest BCUT2D eigenvalue weighted by atomic mass is 35.5. The number of nitrogens with two attached hydrogens (primary N) is 1. The highest BCUT2D eigenvalue weighted by Crippen LogP contribution is 2.03. The third-order valence-corrected chi connectivity index (χ3v) is 0.990. The molecule has 0 aromatic rings. The summed E-state index contributed by atoms with van der Waals surface area (Å²) in [4.78, 5) is 0. The number of hydrogen-bond donors (Lipinski definition) is 2. The van der Waals surface area contributed by atoms with Crippen molar-refractivity contribution in [2.24, 2.45) is 5.73 Å². The normalized spacial score (nSPS) is 12.9. The van der Waals surface area contributed by atoms with Crippen molar-refractivity contribution in [2.45, 2.75) is 25.3 Å². The van der Waals surface area contributed by atoms with Crippen molar-refractivity contribution in [3.05, 3.63) is 0 Å². The van der Waals surface area contributed by atoms with Gasteiger partial charge in [0.05, 0.1) is 6.61 Å². The van der Waals surface area contributed by atoms with Gasteiger partial charge in [-0.3, -0.25) is 0 Å². The van der Waals surface area contributed by atoms with Crippen LogP contribution in [0, 0.1) is 0 Å². The minimum Gasteiger partial charge on any atom is -0.395 e. The molecule has 0 aliphatic heterocycles. The first kappa shape index (κ1) is 12.7. The van der Waals surface area contributed by atoms with Gasteiger partial charge in [-0.2, -0.15) is 0 Å². The van der Waals surface area contributed by atoms with Gasteiger partial charge in [-0.25, -0.2) is 8.78 Å². The van der Waals surface area contributed by atoms with Crippen molar-refractivity contribution in [3.8, 4) is 0 Å². The van der Waals surface area contributed by atoms with Crippen LogP contribution in [-0.4, -0.2) is 24.2 Å². The van der Waals surface area contributed by atoms with Gasteiger partial charge in [-0.1, -0.05) is 0 Å². The van der Waals surface area contributed by atoms with Crippen LogP contribution in [0.25, 0.3) is 0 Å². The average molecular weight is 176 g/mol. The number of aliphatic hydroxyl groups is 1. The highest BCUT2D eigenvalue weighted by molar-refractivity contribution is 5.85. The fourth-order valence-electron chi connectivity index (χ4n) is 0.431. The quantitative estimate of drug-likeness (QED) is 0.663. The molecule has 0 aromatic heterocycles. The zero-order chi connectivity index (χ0) is 7.28. The number of hydrogen-bond acceptors (Lipinski definition) is 2. The molecular weight excluding hydrogens is 164 g/mol. The van der Waals surface area contributed by atoms with E-state index in [2.05, 4.69) is 0 Å². The SMILES string of the molecule is Cl.N[C@H](CO)CCC(F)F. The summed E-state index contributed by atoms with van der Waals surface area (Å²) >= 11 is 0. The van der Waals surface area contributed by atoms with Gasteiger partial charge in [0.2, 0.25) is 6.43 Å². The van der Waals surface area contributed by atoms with Crippen LogP contribution >= 0.6 is 12.4 Å². The Balaban J connectivity index is 0. The number of aliphatic hydroxyl groups excluding tert-OH is 1. The van der Waals surface area contributed by atoms with Gasteiger partial charge < -0.3 is 10.8 Å². The molecule has 0 aliphatic rings. The molecule has 0 saturated heterocycles. The Labute approximate surface area is 64.8 Å². The lowest BCUT2D eigenvalue weighted by atomic mass is 10.2. The van der Waals surface area contributed by atoms with E-state index >= 15 is 0 Å². The van der Waals surface area contributed by atoms with E-state index in [0.29, 0.717) is 0 Å². The molecule has 10 heavy (non-hydrogen) atoms. The van der Waals surface area contributed by atoms with Crippen molar-refractivity contribution >= 4 is 12.4 Å². The molecule has 0 rings (SSSR count). The van der Waals surface area contributed by atoms with Gasteiger partial charge >= 0.3 is 0 Å². The molecule has 0 saturated carbocycles. The topological polar surface area (TPSA) is 46.2 Å². The summed E-state index contributed by atoms with van der Waals surface area (Å²) in [7, 11) is 0. The zero-order valence-electron chi connectivity index (χ0n) is 5.46. The second-order valence-corrected chi connectivity index (χ2v) is 1.91. The molecule has 0 heterocycles. The largest absolute Gasteiger partial charge is 0.395 e. The maximum atomic E-state index is 11.4. The molecule has 1 atom stereocenters. The van der Waals surface area contributed by atoms with Gasteiger partial charge in [-0.05, 0) is 6.42 Å². The van der Waals surface area contributed by atoms with Crippen molar-refractivity contribution in [2.75, 3.05) is 6.61 Å².